The lowest BCUT2D eigenvalue weighted by atomic mass is 10.0. The molecule has 0 heterocycles. The van der Waals surface area contributed by atoms with Crippen LogP contribution in [-0.4, -0.2) is 23.3 Å². The van der Waals surface area contributed by atoms with E-state index < -0.39 is 5.60 Å². The van der Waals surface area contributed by atoms with Gasteiger partial charge in [-0.05, 0) is 37.8 Å². The second-order valence-electron chi connectivity index (χ2n) is 5.51. The Balaban J connectivity index is 1.82. The van der Waals surface area contributed by atoms with E-state index in [0.29, 0.717) is 13.0 Å². The summed E-state index contributed by atoms with van der Waals surface area (Å²) in [4.78, 5) is 0. The largest absolute Gasteiger partial charge is 0.389 e. The van der Waals surface area contributed by atoms with E-state index in [1.165, 1.54) is 6.07 Å². The van der Waals surface area contributed by atoms with Gasteiger partial charge in [0.2, 0.25) is 0 Å². The maximum absolute atomic E-state index is 13.5. The molecule has 0 spiro atoms. The Bertz CT molecular complexity index is 388. The van der Waals surface area contributed by atoms with Gasteiger partial charge in [0.05, 0.1) is 5.60 Å². The molecule has 1 aromatic carbocycles. The van der Waals surface area contributed by atoms with Gasteiger partial charge in [0.1, 0.15) is 5.82 Å². The third-order valence-corrected chi connectivity index (χ3v) is 3.80. The number of hydrogen-bond donors (Lipinski definition) is 2. The highest BCUT2D eigenvalue weighted by atomic mass is 19.1. The lowest BCUT2D eigenvalue weighted by molar-refractivity contribution is 0.0453. The molecule has 1 fully saturated rings. The number of halogens is 1. The minimum atomic E-state index is -0.538. The Morgan fingerprint density at radius 2 is 2.00 bits per heavy atom. The molecule has 0 saturated heterocycles. The van der Waals surface area contributed by atoms with Gasteiger partial charge in [0, 0.05) is 12.6 Å². The van der Waals surface area contributed by atoms with E-state index >= 15 is 0 Å². The highest BCUT2D eigenvalue weighted by Crippen LogP contribution is 2.28. The van der Waals surface area contributed by atoms with Crippen LogP contribution in [0, 0.1) is 5.82 Å². The van der Waals surface area contributed by atoms with Crippen LogP contribution >= 0.6 is 0 Å². The van der Waals surface area contributed by atoms with Gasteiger partial charge in [-0.1, -0.05) is 31.0 Å². The molecule has 0 radical (unpaired) electrons. The summed E-state index contributed by atoms with van der Waals surface area (Å²) in [5, 5.41) is 13.5. The molecule has 0 aromatic heterocycles. The van der Waals surface area contributed by atoms with Crippen molar-refractivity contribution < 1.29 is 9.50 Å². The van der Waals surface area contributed by atoms with Gasteiger partial charge < -0.3 is 10.4 Å². The van der Waals surface area contributed by atoms with Gasteiger partial charge in [-0.2, -0.15) is 0 Å². The van der Waals surface area contributed by atoms with Crippen molar-refractivity contribution in [3.05, 3.63) is 35.6 Å². The lowest BCUT2D eigenvalue weighted by Gasteiger charge is -2.25. The second kappa shape index (κ2) is 5.81. The summed E-state index contributed by atoms with van der Waals surface area (Å²) in [5.41, 5.74) is 0.194. The topological polar surface area (TPSA) is 32.3 Å². The molecule has 2 rings (SSSR count). The third-order valence-electron chi connectivity index (χ3n) is 3.80. The van der Waals surface area contributed by atoms with Crippen molar-refractivity contribution in [3.63, 3.8) is 0 Å². The van der Waals surface area contributed by atoms with Gasteiger partial charge in [-0.25, -0.2) is 4.39 Å². The zero-order valence-electron chi connectivity index (χ0n) is 11.0. The fraction of sp³-hybridized carbons (Fsp3) is 0.600. The second-order valence-corrected chi connectivity index (χ2v) is 5.51. The summed E-state index contributed by atoms with van der Waals surface area (Å²) in [5.74, 6) is -0.147. The van der Waals surface area contributed by atoms with Crippen LogP contribution in [0.5, 0.6) is 0 Å². The minimum absolute atomic E-state index is 0.147. The van der Waals surface area contributed by atoms with Crippen LogP contribution in [0.25, 0.3) is 0 Å². The first-order chi connectivity index (χ1) is 8.59. The molecule has 1 aromatic rings. The molecule has 2 nitrogen and oxygen atoms in total. The number of aliphatic hydroxyl groups is 1. The molecular weight excluding hydrogens is 229 g/mol. The first-order valence-corrected chi connectivity index (χ1v) is 6.78. The molecule has 2 N–H and O–H groups in total. The Hall–Kier alpha value is -0.930. The van der Waals surface area contributed by atoms with E-state index in [1.54, 1.807) is 6.07 Å². The van der Waals surface area contributed by atoms with Crippen molar-refractivity contribution in [2.24, 2.45) is 0 Å². The third kappa shape index (κ3) is 3.53. The van der Waals surface area contributed by atoms with E-state index in [2.05, 4.69) is 5.32 Å². The highest BCUT2D eigenvalue weighted by molar-refractivity contribution is 5.18. The molecule has 0 aliphatic heterocycles. The quantitative estimate of drug-likeness (QED) is 0.843. The molecular formula is C15H22FNO. The van der Waals surface area contributed by atoms with E-state index in [-0.39, 0.29) is 11.9 Å². The van der Waals surface area contributed by atoms with Crippen molar-refractivity contribution in [1.82, 2.24) is 5.32 Å². The van der Waals surface area contributed by atoms with Crippen LogP contribution in [0.2, 0.25) is 0 Å². The average molecular weight is 251 g/mol. The standard InChI is InChI=1S/C15H22FNO/c1-12(10-13-6-2-3-7-14(13)16)17-11-15(18)8-4-5-9-15/h2-3,6-7,12,17-18H,4-5,8-11H2,1H3. The summed E-state index contributed by atoms with van der Waals surface area (Å²) >= 11 is 0. The van der Waals surface area contributed by atoms with Gasteiger partial charge in [-0.15, -0.1) is 0 Å². The smallest absolute Gasteiger partial charge is 0.126 e. The van der Waals surface area contributed by atoms with Gasteiger partial charge in [-0.3, -0.25) is 0 Å². The molecule has 1 atom stereocenters. The van der Waals surface area contributed by atoms with Crippen molar-refractivity contribution in [1.29, 1.82) is 0 Å². The van der Waals surface area contributed by atoms with Crippen molar-refractivity contribution in [2.75, 3.05) is 6.54 Å². The van der Waals surface area contributed by atoms with E-state index in [9.17, 15) is 9.50 Å². The van der Waals surface area contributed by atoms with E-state index in [1.807, 2.05) is 19.1 Å². The number of nitrogens with one attached hydrogen (secondary N) is 1. The molecule has 0 bridgehead atoms. The summed E-state index contributed by atoms with van der Waals surface area (Å²) in [6.07, 6.45) is 4.64. The minimum Gasteiger partial charge on any atom is -0.389 e. The molecule has 3 heteroatoms. The molecule has 100 valence electrons. The summed E-state index contributed by atoms with van der Waals surface area (Å²) < 4.78 is 13.5. The predicted molar refractivity (Wildman–Crippen MR) is 71.0 cm³/mol. The highest BCUT2D eigenvalue weighted by Gasteiger charge is 2.30. The maximum atomic E-state index is 13.5. The number of hydrogen-bond acceptors (Lipinski definition) is 2. The summed E-state index contributed by atoms with van der Waals surface area (Å²) in [7, 11) is 0. The van der Waals surface area contributed by atoms with Crippen molar-refractivity contribution >= 4 is 0 Å². The number of benzene rings is 1. The number of rotatable bonds is 5. The summed E-state index contributed by atoms with van der Waals surface area (Å²) in [6.45, 7) is 2.65. The van der Waals surface area contributed by atoms with Crippen molar-refractivity contribution in [2.45, 2.75) is 50.7 Å². The Labute approximate surface area is 108 Å². The molecule has 1 aliphatic carbocycles. The van der Waals surface area contributed by atoms with E-state index in [0.717, 1.165) is 31.2 Å². The van der Waals surface area contributed by atoms with Crippen LogP contribution < -0.4 is 5.32 Å². The van der Waals surface area contributed by atoms with Gasteiger partial charge in [0.15, 0.2) is 0 Å². The van der Waals surface area contributed by atoms with Gasteiger partial charge >= 0.3 is 0 Å². The fourth-order valence-electron chi connectivity index (χ4n) is 2.64. The van der Waals surface area contributed by atoms with Crippen molar-refractivity contribution in [3.8, 4) is 0 Å². The van der Waals surface area contributed by atoms with Crippen LogP contribution in [0.1, 0.15) is 38.2 Å². The Kier molecular flexibility index (Phi) is 4.36. The zero-order valence-corrected chi connectivity index (χ0v) is 11.0. The SMILES string of the molecule is CC(Cc1ccccc1F)NCC1(O)CCCC1. The molecule has 1 saturated carbocycles. The first-order valence-electron chi connectivity index (χ1n) is 6.78. The molecule has 0 amide bonds. The van der Waals surface area contributed by atoms with Crippen LogP contribution in [0.15, 0.2) is 24.3 Å². The lowest BCUT2D eigenvalue weighted by Crippen LogP contribution is -2.42. The first kappa shape index (κ1) is 13.5. The normalized spacial score (nSPS) is 19.9. The average Bonchev–Trinajstić information content (AvgIpc) is 2.77. The molecule has 18 heavy (non-hydrogen) atoms. The Morgan fingerprint density at radius 1 is 1.33 bits per heavy atom. The summed E-state index contributed by atoms with van der Waals surface area (Å²) in [6, 6.07) is 7.05. The molecule has 1 unspecified atom stereocenters. The fourth-order valence-corrected chi connectivity index (χ4v) is 2.64. The molecule has 1 aliphatic rings. The van der Waals surface area contributed by atoms with Crippen LogP contribution in [0.4, 0.5) is 4.39 Å². The predicted octanol–water partition coefficient (Wildman–Crippen LogP) is 2.65. The van der Waals surface area contributed by atoms with Gasteiger partial charge in [0.25, 0.3) is 0 Å². The van der Waals surface area contributed by atoms with Crippen LogP contribution in [-0.2, 0) is 6.42 Å². The van der Waals surface area contributed by atoms with Crippen LogP contribution in [0.3, 0.4) is 0 Å². The zero-order chi connectivity index (χ0) is 13.0. The Morgan fingerprint density at radius 3 is 2.67 bits per heavy atom. The monoisotopic (exact) mass is 251 g/mol. The van der Waals surface area contributed by atoms with E-state index in [4.69, 9.17) is 0 Å². The maximum Gasteiger partial charge on any atom is 0.126 e.